The number of hydrogen-bond donors (Lipinski definition) is 1. The van der Waals surface area contributed by atoms with Gasteiger partial charge in [-0.3, -0.25) is 0 Å². The van der Waals surface area contributed by atoms with Crippen LogP contribution in [0.3, 0.4) is 0 Å². The summed E-state index contributed by atoms with van der Waals surface area (Å²) in [5, 5.41) is 12.5. The van der Waals surface area contributed by atoms with Crippen LogP contribution < -0.4 is 10.1 Å². The monoisotopic (exact) mass is 281 g/mol. The molecule has 0 fully saturated rings. The average molecular weight is 281 g/mol. The Bertz CT molecular complexity index is 707. The zero-order chi connectivity index (χ0) is 14.7. The van der Waals surface area contributed by atoms with E-state index in [4.69, 9.17) is 9.47 Å². The van der Waals surface area contributed by atoms with Gasteiger partial charge in [-0.1, -0.05) is 18.2 Å². The minimum absolute atomic E-state index is 0.521. The Hall–Kier alpha value is -2.58. The van der Waals surface area contributed by atoms with Gasteiger partial charge in [-0.25, -0.2) is 4.98 Å². The zero-order valence-electron chi connectivity index (χ0n) is 11.7. The third kappa shape index (κ3) is 2.54. The molecule has 0 bridgehead atoms. The molecule has 3 rings (SSSR count). The molecular formula is C16H15N3O2. The maximum Gasteiger partial charge on any atom is 0.224 e. The van der Waals surface area contributed by atoms with Crippen molar-refractivity contribution in [3.8, 4) is 17.7 Å². The van der Waals surface area contributed by atoms with Crippen molar-refractivity contribution in [3.05, 3.63) is 47.2 Å². The first kappa shape index (κ1) is 13.4. The number of ether oxygens (including phenoxy) is 2. The predicted octanol–water partition coefficient (Wildman–Crippen LogP) is 2.71. The molecular weight excluding hydrogens is 266 g/mol. The summed E-state index contributed by atoms with van der Waals surface area (Å²) in [6.07, 6.45) is 2.24. The van der Waals surface area contributed by atoms with Gasteiger partial charge >= 0.3 is 0 Å². The van der Waals surface area contributed by atoms with Crippen molar-refractivity contribution in [2.75, 3.05) is 25.6 Å². The maximum atomic E-state index is 9.27. The smallest absolute Gasteiger partial charge is 0.224 e. The summed E-state index contributed by atoms with van der Waals surface area (Å²) in [5.74, 6) is 1.39. The molecule has 106 valence electrons. The van der Waals surface area contributed by atoms with Crippen molar-refractivity contribution in [1.29, 1.82) is 5.26 Å². The number of aromatic nitrogens is 1. The standard InChI is InChI=1S/C16H15N3O2/c1-20-7-6-18-15-12(9-17)10-19-16-13(15)8-11-4-2-3-5-14(11)21-16/h2-5,10H,6-8H2,1H3,(H,18,19). The molecule has 1 aliphatic heterocycles. The number of nitrogens with zero attached hydrogens (tertiary/aromatic N) is 2. The number of rotatable bonds is 4. The topological polar surface area (TPSA) is 67.2 Å². The van der Waals surface area contributed by atoms with Crippen molar-refractivity contribution in [3.63, 3.8) is 0 Å². The summed E-state index contributed by atoms with van der Waals surface area (Å²) in [5.41, 5.74) is 3.32. The fourth-order valence-electron chi connectivity index (χ4n) is 2.40. The van der Waals surface area contributed by atoms with E-state index >= 15 is 0 Å². The first-order valence-electron chi connectivity index (χ1n) is 6.74. The summed E-state index contributed by atoms with van der Waals surface area (Å²) in [4.78, 5) is 4.26. The summed E-state index contributed by atoms with van der Waals surface area (Å²) in [7, 11) is 1.65. The van der Waals surface area contributed by atoms with E-state index in [9.17, 15) is 5.26 Å². The van der Waals surface area contributed by atoms with E-state index in [1.54, 1.807) is 13.3 Å². The van der Waals surface area contributed by atoms with E-state index in [1.165, 1.54) is 0 Å². The molecule has 0 atom stereocenters. The maximum absolute atomic E-state index is 9.27. The molecule has 5 nitrogen and oxygen atoms in total. The number of fused-ring (bicyclic) bond motifs is 2. The molecule has 0 saturated heterocycles. The number of hydrogen-bond acceptors (Lipinski definition) is 5. The molecule has 0 amide bonds. The lowest BCUT2D eigenvalue weighted by Crippen LogP contribution is -2.14. The lowest BCUT2D eigenvalue weighted by Gasteiger charge is -2.22. The number of nitriles is 1. The number of methoxy groups -OCH3 is 1. The first-order valence-corrected chi connectivity index (χ1v) is 6.74. The summed E-state index contributed by atoms with van der Waals surface area (Å²) in [6, 6.07) is 10.0. The largest absolute Gasteiger partial charge is 0.438 e. The molecule has 0 spiro atoms. The molecule has 2 heterocycles. The van der Waals surface area contributed by atoms with Gasteiger partial charge < -0.3 is 14.8 Å². The van der Waals surface area contributed by atoms with Gasteiger partial charge in [0.15, 0.2) is 0 Å². The molecule has 0 unspecified atom stereocenters. The van der Waals surface area contributed by atoms with E-state index in [2.05, 4.69) is 16.4 Å². The van der Waals surface area contributed by atoms with E-state index in [0.717, 1.165) is 22.6 Å². The van der Waals surface area contributed by atoms with Crippen LogP contribution in [0, 0.1) is 11.3 Å². The van der Waals surface area contributed by atoms with E-state index < -0.39 is 0 Å². The van der Waals surface area contributed by atoms with Gasteiger partial charge in [-0.15, -0.1) is 0 Å². The molecule has 0 aliphatic carbocycles. The lowest BCUT2D eigenvalue weighted by molar-refractivity contribution is 0.210. The molecule has 5 heteroatoms. The van der Waals surface area contributed by atoms with Gasteiger partial charge in [0.05, 0.1) is 24.1 Å². The second-order valence-electron chi connectivity index (χ2n) is 4.75. The fraction of sp³-hybridized carbons (Fsp3) is 0.250. The number of para-hydroxylation sites is 1. The van der Waals surface area contributed by atoms with Crippen molar-refractivity contribution in [2.45, 2.75) is 6.42 Å². The van der Waals surface area contributed by atoms with Gasteiger partial charge in [0.1, 0.15) is 11.8 Å². The fourth-order valence-corrected chi connectivity index (χ4v) is 2.40. The molecule has 2 aromatic rings. The van der Waals surface area contributed by atoms with Crippen LogP contribution in [-0.2, 0) is 11.2 Å². The summed E-state index contributed by atoms with van der Waals surface area (Å²) < 4.78 is 10.9. The van der Waals surface area contributed by atoms with Crippen molar-refractivity contribution in [2.24, 2.45) is 0 Å². The molecule has 0 radical (unpaired) electrons. The van der Waals surface area contributed by atoms with Crippen LogP contribution in [0.5, 0.6) is 11.6 Å². The van der Waals surface area contributed by atoms with Gasteiger partial charge in [-0.2, -0.15) is 5.26 Å². The third-order valence-corrected chi connectivity index (χ3v) is 3.42. The van der Waals surface area contributed by atoms with E-state index in [0.29, 0.717) is 31.0 Å². The number of anilines is 1. The Morgan fingerprint density at radius 3 is 3.10 bits per heavy atom. The Labute approximate surface area is 123 Å². The van der Waals surface area contributed by atoms with Crippen molar-refractivity contribution < 1.29 is 9.47 Å². The predicted molar refractivity (Wildman–Crippen MR) is 78.6 cm³/mol. The van der Waals surface area contributed by atoms with Gasteiger partial charge in [0.2, 0.25) is 5.88 Å². The zero-order valence-corrected chi connectivity index (χ0v) is 11.7. The Morgan fingerprint density at radius 1 is 1.43 bits per heavy atom. The minimum atomic E-state index is 0.521. The van der Waals surface area contributed by atoms with Crippen LogP contribution in [0.25, 0.3) is 0 Å². The Kier molecular flexibility index (Phi) is 3.71. The molecule has 1 aromatic heterocycles. The second-order valence-corrected chi connectivity index (χ2v) is 4.75. The molecule has 21 heavy (non-hydrogen) atoms. The molecule has 1 aromatic carbocycles. The van der Waals surface area contributed by atoms with E-state index in [-0.39, 0.29) is 0 Å². The van der Waals surface area contributed by atoms with Gasteiger partial charge in [0, 0.05) is 25.6 Å². The van der Waals surface area contributed by atoms with Gasteiger partial charge in [-0.05, 0) is 11.6 Å². The first-order chi connectivity index (χ1) is 10.3. The van der Waals surface area contributed by atoms with Gasteiger partial charge in [0.25, 0.3) is 0 Å². The highest BCUT2D eigenvalue weighted by Gasteiger charge is 2.22. The number of nitrogens with one attached hydrogen (secondary N) is 1. The third-order valence-electron chi connectivity index (χ3n) is 3.42. The van der Waals surface area contributed by atoms with Crippen molar-refractivity contribution >= 4 is 5.69 Å². The highest BCUT2D eigenvalue weighted by molar-refractivity contribution is 5.67. The normalized spacial score (nSPS) is 11.8. The van der Waals surface area contributed by atoms with Crippen LogP contribution >= 0.6 is 0 Å². The summed E-state index contributed by atoms with van der Waals surface area (Å²) >= 11 is 0. The highest BCUT2D eigenvalue weighted by atomic mass is 16.5. The van der Waals surface area contributed by atoms with Crippen LogP contribution in [0.1, 0.15) is 16.7 Å². The molecule has 0 saturated carbocycles. The number of pyridine rings is 1. The molecule has 1 N–H and O–H groups in total. The lowest BCUT2D eigenvalue weighted by atomic mass is 9.99. The van der Waals surface area contributed by atoms with Crippen LogP contribution in [0.2, 0.25) is 0 Å². The van der Waals surface area contributed by atoms with Crippen LogP contribution in [0.15, 0.2) is 30.5 Å². The Morgan fingerprint density at radius 2 is 2.29 bits per heavy atom. The SMILES string of the molecule is COCCNc1c(C#N)cnc2c1Cc1ccccc1O2. The quantitative estimate of drug-likeness (QED) is 0.745. The number of benzene rings is 1. The molecule has 1 aliphatic rings. The second kappa shape index (κ2) is 5.81. The van der Waals surface area contributed by atoms with Crippen LogP contribution in [0.4, 0.5) is 5.69 Å². The average Bonchev–Trinajstić information content (AvgIpc) is 2.53. The van der Waals surface area contributed by atoms with Crippen LogP contribution in [-0.4, -0.2) is 25.2 Å². The minimum Gasteiger partial charge on any atom is -0.438 e. The summed E-state index contributed by atoms with van der Waals surface area (Å²) in [6.45, 7) is 1.20. The highest BCUT2D eigenvalue weighted by Crippen LogP contribution is 2.39. The van der Waals surface area contributed by atoms with E-state index in [1.807, 2.05) is 24.3 Å². The van der Waals surface area contributed by atoms with Crippen molar-refractivity contribution in [1.82, 2.24) is 4.98 Å². The Balaban J connectivity index is 1.99.